The molecule has 0 unspecified atom stereocenters. The molecule has 134 valence electrons. The molecule has 0 saturated carbocycles. The van der Waals surface area contributed by atoms with Crippen molar-refractivity contribution in [2.45, 2.75) is 26.8 Å². The lowest BCUT2D eigenvalue weighted by Gasteiger charge is -2.30. The first-order chi connectivity index (χ1) is 11.9. The summed E-state index contributed by atoms with van der Waals surface area (Å²) in [6, 6.07) is 4.53. The summed E-state index contributed by atoms with van der Waals surface area (Å²) in [4.78, 5) is 23.5. The van der Waals surface area contributed by atoms with Crippen molar-refractivity contribution in [3.8, 4) is 11.5 Å². The van der Waals surface area contributed by atoms with E-state index in [1.54, 1.807) is 32.0 Å². The van der Waals surface area contributed by atoms with Crippen LogP contribution in [0.4, 0.5) is 0 Å². The molecule has 1 heterocycles. The van der Waals surface area contributed by atoms with Gasteiger partial charge in [-0.3, -0.25) is 4.79 Å². The summed E-state index contributed by atoms with van der Waals surface area (Å²) in [5, 5.41) is 6.40. The quantitative estimate of drug-likeness (QED) is 0.466. The van der Waals surface area contributed by atoms with Crippen molar-refractivity contribution < 1.29 is 23.8 Å². The zero-order valence-electron chi connectivity index (χ0n) is 14.5. The molecular weight excluding hydrogens is 344 g/mol. The minimum atomic E-state index is -0.506. The highest BCUT2D eigenvalue weighted by atomic mass is 32.1. The van der Waals surface area contributed by atoms with Gasteiger partial charge in [0.1, 0.15) is 0 Å². The first-order valence-corrected chi connectivity index (χ1v) is 8.10. The molecule has 1 aliphatic rings. The smallest absolute Gasteiger partial charge is 0.338 e. The fourth-order valence-electron chi connectivity index (χ4n) is 2.53. The molecule has 2 N–H and O–H groups in total. The number of benzene rings is 1. The lowest BCUT2D eigenvalue weighted by molar-refractivity contribution is -0.139. The van der Waals surface area contributed by atoms with Gasteiger partial charge in [-0.05, 0) is 43.8 Å². The standard InChI is InChI=1S/C17H20N2O5S/c1-5-23-16(21)14-9(2)18-17(25)19-15(14)11-6-7-12(24-10(3)20)13(8-11)22-4/h6-8,15H,5H2,1-4H3,(H2,18,19,25)/t15-/m0/s1. The minimum Gasteiger partial charge on any atom is -0.493 e. The number of nitrogens with one attached hydrogen (secondary N) is 2. The Bertz CT molecular complexity index is 745. The van der Waals surface area contributed by atoms with Gasteiger partial charge in [-0.25, -0.2) is 4.79 Å². The summed E-state index contributed by atoms with van der Waals surface area (Å²) >= 11 is 5.20. The summed E-state index contributed by atoms with van der Waals surface area (Å²) in [7, 11) is 1.47. The number of ether oxygens (including phenoxy) is 3. The molecule has 0 bridgehead atoms. The second-order valence-electron chi connectivity index (χ2n) is 5.29. The van der Waals surface area contributed by atoms with E-state index in [9.17, 15) is 9.59 Å². The van der Waals surface area contributed by atoms with Crippen molar-refractivity contribution in [3.63, 3.8) is 0 Å². The highest BCUT2D eigenvalue weighted by molar-refractivity contribution is 7.80. The first kappa shape index (κ1) is 18.7. The SMILES string of the molecule is CCOC(=O)C1=C(C)NC(=S)N[C@H]1c1ccc(OC(C)=O)c(OC)c1. The molecule has 0 amide bonds. The van der Waals surface area contributed by atoms with Gasteiger partial charge >= 0.3 is 11.9 Å². The summed E-state index contributed by atoms with van der Waals surface area (Å²) in [5.41, 5.74) is 1.77. The maximum Gasteiger partial charge on any atom is 0.338 e. The van der Waals surface area contributed by atoms with Gasteiger partial charge in [-0.2, -0.15) is 0 Å². The van der Waals surface area contributed by atoms with Crippen LogP contribution in [0.1, 0.15) is 32.4 Å². The van der Waals surface area contributed by atoms with E-state index in [-0.39, 0.29) is 6.61 Å². The van der Waals surface area contributed by atoms with Crippen molar-refractivity contribution in [3.05, 3.63) is 35.0 Å². The zero-order valence-corrected chi connectivity index (χ0v) is 15.3. The van der Waals surface area contributed by atoms with Gasteiger partial charge in [0.2, 0.25) is 0 Å². The number of methoxy groups -OCH3 is 1. The molecule has 1 atom stereocenters. The molecular formula is C17H20N2O5S. The van der Waals surface area contributed by atoms with Crippen molar-refractivity contribution in [1.29, 1.82) is 0 Å². The molecule has 0 saturated heterocycles. The van der Waals surface area contributed by atoms with Crippen LogP contribution in [-0.2, 0) is 14.3 Å². The lowest BCUT2D eigenvalue weighted by atomic mass is 9.95. The van der Waals surface area contributed by atoms with Crippen LogP contribution in [0.3, 0.4) is 0 Å². The summed E-state index contributed by atoms with van der Waals surface area (Å²) in [6.45, 7) is 5.08. The van der Waals surface area contributed by atoms with E-state index in [0.717, 1.165) is 5.56 Å². The molecule has 0 spiro atoms. The van der Waals surface area contributed by atoms with E-state index in [1.165, 1.54) is 14.0 Å². The fourth-order valence-corrected chi connectivity index (χ4v) is 2.80. The Morgan fingerprint density at radius 3 is 2.60 bits per heavy atom. The molecule has 2 rings (SSSR count). The number of esters is 2. The Balaban J connectivity index is 2.46. The van der Waals surface area contributed by atoms with E-state index >= 15 is 0 Å². The van der Waals surface area contributed by atoms with E-state index in [1.807, 2.05) is 0 Å². The molecule has 8 heteroatoms. The predicted molar refractivity (Wildman–Crippen MR) is 95.2 cm³/mol. The van der Waals surface area contributed by atoms with Crippen LogP contribution < -0.4 is 20.1 Å². The van der Waals surface area contributed by atoms with Crippen molar-refractivity contribution in [2.24, 2.45) is 0 Å². The molecule has 1 aromatic rings. The summed E-state index contributed by atoms with van der Waals surface area (Å²) in [5.74, 6) is -0.209. The van der Waals surface area contributed by atoms with Gasteiger partial charge < -0.3 is 24.8 Å². The number of thiocarbonyl (C=S) groups is 1. The number of rotatable bonds is 5. The normalized spacial score (nSPS) is 16.6. The largest absolute Gasteiger partial charge is 0.493 e. The average molecular weight is 364 g/mol. The molecule has 25 heavy (non-hydrogen) atoms. The molecule has 0 radical (unpaired) electrons. The number of carbonyl (C=O) groups is 2. The highest BCUT2D eigenvalue weighted by Crippen LogP contribution is 2.34. The third-order valence-corrected chi connectivity index (χ3v) is 3.76. The molecule has 1 aliphatic heterocycles. The van der Waals surface area contributed by atoms with Crippen LogP contribution >= 0.6 is 12.2 Å². The van der Waals surface area contributed by atoms with Crippen molar-refractivity contribution >= 4 is 29.3 Å². The van der Waals surface area contributed by atoms with Crippen LogP contribution in [0, 0.1) is 0 Å². The first-order valence-electron chi connectivity index (χ1n) is 7.69. The van der Waals surface area contributed by atoms with Crippen LogP contribution in [-0.4, -0.2) is 30.8 Å². The van der Waals surface area contributed by atoms with E-state index in [2.05, 4.69) is 10.6 Å². The van der Waals surface area contributed by atoms with E-state index < -0.39 is 18.0 Å². The van der Waals surface area contributed by atoms with E-state index in [0.29, 0.717) is 27.9 Å². The summed E-state index contributed by atoms with van der Waals surface area (Å²) < 4.78 is 15.5. The Kier molecular flexibility index (Phi) is 5.97. The zero-order chi connectivity index (χ0) is 18.6. The van der Waals surface area contributed by atoms with Crippen LogP contribution in [0.5, 0.6) is 11.5 Å². The van der Waals surface area contributed by atoms with Crippen LogP contribution in [0.2, 0.25) is 0 Å². The highest BCUT2D eigenvalue weighted by Gasteiger charge is 2.31. The van der Waals surface area contributed by atoms with Gasteiger partial charge in [0.05, 0.1) is 25.3 Å². The monoisotopic (exact) mass is 364 g/mol. The maximum absolute atomic E-state index is 12.4. The molecule has 0 fully saturated rings. The second-order valence-corrected chi connectivity index (χ2v) is 5.70. The third-order valence-electron chi connectivity index (χ3n) is 3.54. The number of hydrogen-bond donors (Lipinski definition) is 2. The summed E-state index contributed by atoms with van der Waals surface area (Å²) in [6.07, 6.45) is 0. The third kappa shape index (κ3) is 4.27. The van der Waals surface area contributed by atoms with E-state index in [4.69, 9.17) is 26.4 Å². The lowest BCUT2D eigenvalue weighted by Crippen LogP contribution is -2.45. The number of carbonyl (C=O) groups excluding carboxylic acids is 2. The Morgan fingerprint density at radius 2 is 2.00 bits per heavy atom. The molecule has 0 aliphatic carbocycles. The number of allylic oxidation sites excluding steroid dienone is 1. The van der Waals surface area contributed by atoms with Crippen molar-refractivity contribution in [1.82, 2.24) is 10.6 Å². The second kappa shape index (κ2) is 7.98. The van der Waals surface area contributed by atoms with Crippen LogP contribution in [0.15, 0.2) is 29.5 Å². The Morgan fingerprint density at radius 1 is 1.28 bits per heavy atom. The topological polar surface area (TPSA) is 85.9 Å². The van der Waals surface area contributed by atoms with Gasteiger partial charge in [0.25, 0.3) is 0 Å². The Labute approximate surface area is 151 Å². The number of hydrogen-bond acceptors (Lipinski definition) is 6. The molecule has 0 aromatic heterocycles. The fraction of sp³-hybridized carbons (Fsp3) is 0.353. The maximum atomic E-state index is 12.4. The predicted octanol–water partition coefficient (Wildman–Crippen LogP) is 1.98. The minimum absolute atomic E-state index is 0.265. The van der Waals surface area contributed by atoms with Gasteiger partial charge in [-0.15, -0.1) is 0 Å². The van der Waals surface area contributed by atoms with Gasteiger partial charge in [0.15, 0.2) is 16.6 Å². The molecule has 7 nitrogen and oxygen atoms in total. The van der Waals surface area contributed by atoms with Gasteiger partial charge in [0, 0.05) is 12.6 Å². The average Bonchev–Trinajstić information content (AvgIpc) is 2.54. The molecule has 1 aromatic carbocycles. The van der Waals surface area contributed by atoms with Gasteiger partial charge in [-0.1, -0.05) is 6.07 Å². The van der Waals surface area contributed by atoms with Crippen molar-refractivity contribution in [2.75, 3.05) is 13.7 Å². The Hall–Kier alpha value is -2.61. The van der Waals surface area contributed by atoms with Crippen LogP contribution in [0.25, 0.3) is 0 Å².